The van der Waals surface area contributed by atoms with Gasteiger partial charge < -0.3 is 13.7 Å². The van der Waals surface area contributed by atoms with E-state index in [0.29, 0.717) is 0 Å². The number of rotatable bonds is 3. The highest BCUT2D eigenvalue weighted by molar-refractivity contribution is 5.33. The normalized spacial score (nSPS) is 10.4. The van der Waals surface area contributed by atoms with Crippen LogP contribution in [0.1, 0.15) is 11.5 Å². The Kier molecular flexibility index (Phi) is 2.31. The molecule has 0 amide bonds. The zero-order valence-electron chi connectivity index (χ0n) is 8.36. The summed E-state index contributed by atoms with van der Waals surface area (Å²) in [5, 5.41) is 0. The van der Waals surface area contributed by atoms with Crippen molar-refractivity contribution in [2.45, 2.75) is 13.5 Å². The van der Waals surface area contributed by atoms with Gasteiger partial charge in [0, 0.05) is 13.1 Å². The van der Waals surface area contributed by atoms with Crippen molar-refractivity contribution in [3.8, 4) is 0 Å². The van der Waals surface area contributed by atoms with E-state index in [4.69, 9.17) is 8.83 Å². The quantitative estimate of drug-likeness (QED) is 0.747. The molecule has 3 nitrogen and oxygen atoms in total. The second kappa shape index (κ2) is 3.62. The van der Waals surface area contributed by atoms with E-state index in [1.807, 2.05) is 43.1 Å². The van der Waals surface area contributed by atoms with Gasteiger partial charge in [0.2, 0.25) is 0 Å². The molecule has 2 rings (SSSR count). The zero-order chi connectivity index (χ0) is 9.97. The maximum absolute atomic E-state index is 5.47. The Morgan fingerprint density at radius 2 is 2.14 bits per heavy atom. The number of anilines is 1. The van der Waals surface area contributed by atoms with Crippen molar-refractivity contribution in [2.24, 2.45) is 0 Å². The Morgan fingerprint density at radius 3 is 2.71 bits per heavy atom. The summed E-state index contributed by atoms with van der Waals surface area (Å²) in [5.41, 5.74) is 0. The average Bonchev–Trinajstić information content (AvgIpc) is 2.75. The third kappa shape index (κ3) is 1.82. The highest BCUT2D eigenvalue weighted by atomic mass is 16.4. The maximum atomic E-state index is 5.47. The van der Waals surface area contributed by atoms with Crippen molar-refractivity contribution >= 4 is 5.88 Å². The Balaban J connectivity index is 2.05. The minimum atomic E-state index is 0.724. The van der Waals surface area contributed by atoms with Gasteiger partial charge in [0.1, 0.15) is 11.5 Å². The molecule has 0 aliphatic carbocycles. The number of hydrogen-bond donors (Lipinski definition) is 0. The molecule has 0 radical (unpaired) electrons. The predicted molar refractivity (Wildman–Crippen MR) is 54.3 cm³/mol. The number of hydrogen-bond acceptors (Lipinski definition) is 3. The van der Waals surface area contributed by atoms with Gasteiger partial charge in [-0.2, -0.15) is 0 Å². The van der Waals surface area contributed by atoms with E-state index in [-0.39, 0.29) is 0 Å². The van der Waals surface area contributed by atoms with E-state index in [9.17, 15) is 0 Å². The minimum Gasteiger partial charge on any atom is -0.464 e. The first-order valence-corrected chi connectivity index (χ1v) is 4.55. The van der Waals surface area contributed by atoms with Crippen LogP contribution < -0.4 is 4.90 Å². The lowest BCUT2D eigenvalue weighted by molar-refractivity contribution is 0.472. The second-order valence-corrected chi connectivity index (χ2v) is 3.32. The summed E-state index contributed by atoms with van der Waals surface area (Å²) in [6, 6.07) is 7.75. The SMILES string of the molecule is Cc1ccc(CN(C)c2ccco2)o1. The van der Waals surface area contributed by atoms with Gasteiger partial charge in [0.05, 0.1) is 12.8 Å². The zero-order valence-corrected chi connectivity index (χ0v) is 8.36. The van der Waals surface area contributed by atoms with Crippen LogP contribution in [0, 0.1) is 6.92 Å². The summed E-state index contributed by atoms with van der Waals surface area (Å²) in [6.07, 6.45) is 1.67. The third-order valence-electron chi connectivity index (χ3n) is 2.07. The molecule has 2 aromatic rings. The maximum Gasteiger partial charge on any atom is 0.195 e. The molecule has 3 heteroatoms. The van der Waals surface area contributed by atoms with Crippen LogP contribution in [-0.2, 0) is 6.54 Å². The molecule has 0 saturated heterocycles. The smallest absolute Gasteiger partial charge is 0.195 e. The van der Waals surface area contributed by atoms with E-state index in [1.165, 1.54) is 0 Å². The fourth-order valence-electron chi connectivity index (χ4n) is 1.37. The molecular weight excluding hydrogens is 178 g/mol. The van der Waals surface area contributed by atoms with Crippen LogP contribution >= 0.6 is 0 Å². The summed E-state index contributed by atoms with van der Waals surface area (Å²) >= 11 is 0. The molecule has 0 unspecified atom stereocenters. The fourth-order valence-corrected chi connectivity index (χ4v) is 1.37. The molecule has 0 aliphatic rings. The molecule has 2 aromatic heterocycles. The molecule has 0 N–H and O–H groups in total. The summed E-state index contributed by atoms with van der Waals surface area (Å²) < 4.78 is 10.7. The van der Waals surface area contributed by atoms with Gasteiger partial charge in [-0.1, -0.05) is 0 Å². The Hall–Kier alpha value is -1.64. The Labute approximate surface area is 82.9 Å². The van der Waals surface area contributed by atoms with E-state index in [1.54, 1.807) is 6.26 Å². The number of aryl methyl sites for hydroxylation is 1. The van der Waals surface area contributed by atoms with E-state index < -0.39 is 0 Å². The van der Waals surface area contributed by atoms with Gasteiger partial charge >= 0.3 is 0 Å². The van der Waals surface area contributed by atoms with Crippen LogP contribution in [0.2, 0.25) is 0 Å². The van der Waals surface area contributed by atoms with Crippen LogP contribution in [0.15, 0.2) is 39.4 Å². The van der Waals surface area contributed by atoms with E-state index >= 15 is 0 Å². The van der Waals surface area contributed by atoms with Crippen molar-refractivity contribution in [3.05, 3.63) is 42.0 Å². The number of nitrogens with zero attached hydrogens (tertiary/aromatic N) is 1. The van der Waals surface area contributed by atoms with Crippen LogP contribution in [0.5, 0.6) is 0 Å². The van der Waals surface area contributed by atoms with Crippen LogP contribution in [0.4, 0.5) is 5.88 Å². The van der Waals surface area contributed by atoms with E-state index in [0.717, 1.165) is 23.9 Å². The summed E-state index contributed by atoms with van der Waals surface area (Å²) in [7, 11) is 1.97. The fraction of sp³-hybridized carbons (Fsp3) is 0.273. The first kappa shape index (κ1) is 8.94. The molecule has 2 heterocycles. The van der Waals surface area contributed by atoms with Gasteiger partial charge in [-0.3, -0.25) is 0 Å². The van der Waals surface area contributed by atoms with Gasteiger partial charge in [0.15, 0.2) is 5.88 Å². The Bertz CT molecular complexity index is 389. The summed E-state index contributed by atoms with van der Waals surface area (Å²) in [4.78, 5) is 2.00. The van der Waals surface area contributed by atoms with Gasteiger partial charge in [0.25, 0.3) is 0 Å². The van der Waals surface area contributed by atoms with Crippen LogP contribution in [-0.4, -0.2) is 7.05 Å². The standard InChI is InChI=1S/C11H13NO2/c1-9-5-6-10(14-9)8-12(2)11-4-3-7-13-11/h3-7H,8H2,1-2H3. The van der Waals surface area contributed by atoms with Gasteiger partial charge in [-0.05, 0) is 25.1 Å². The molecule has 0 bridgehead atoms. The van der Waals surface area contributed by atoms with Crippen molar-refractivity contribution in [1.29, 1.82) is 0 Å². The monoisotopic (exact) mass is 191 g/mol. The van der Waals surface area contributed by atoms with Gasteiger partial charge in [-0.25, -0.2) is 0 Å². The van der Waals surface area contributed by atoms with Crippen molar-refractivity contribution in [2.75, 3.05) is 11.9 Å². The lowest BCUT2D eigenvalue weighted by atomic mass is 10.4. The minimum absolute atomic E-state index is 0.724. The topological polar surface area (TPSA) is 29.5 Å². The van der Waals surface area contributed by atoms with Crippen LogP contribution in [0.3, 0.4) is 0 Å². The molecular formula is C11H13NO2. The molecule has 0 aliphatic heterocycles. The first-order chi connectivity index (χ1) is 6.75. The lowest BCUT2D eigenvalue weighted by Crippen LogP contribution is -2.14. The molecule has 0 saturated carbocycles. The van der Waals surface area contributed by atoms with Crippen molar-refractivity contribution in [1.82, 2.24) is 0 Å². The molecule has 74 valence electrons. The summed E-state index contributed by atoms with van der Waals surface area (Å²) in [6.45, 7) is 2.66. The van der Waals surface area contributed by atoms with Crippen LogP contribution in [0.25, 0.3) is 0 Å². The first-order valence-electron chi connectivity index (χ1n) is 4.55. The third-order valence-corrected chi connectivity index (χ3v) is 2.07. The molecule has 14 heavy (non-hydrogen) atoms. The molecule has 0 atom stereocenters. The average molecular weight is 191 g/mol. The van der Waals surface area contributed by atoms with E-state index in [2.05, 4.69) is 0 Å². The molecule has 0 aromatic carbocycles. The highest BCUT2D eigenvalue weighted by Gasteiger charge is 2.06. The second-order valence-electron chi connectivity index (χ2n) is 3.32. The summed E-state index contributed by atoms with van der Waals surface area (Å²) in [5.74, 6) is 2.73. The lowest BCUT2D eigenvalue weighted by Gasteiger charge is -2.13. The molecule has 0 spiro atoms. The molecule has 0 fully saturated rings. The van der Waals surface area contributed by atoms with Gasteiger partial charge in [-0.15, -0.1) is 0 Å². The highest BCUT2D eigenvalue weighted by Crippen LogP contribution is 2.16. The predicted octanol–water partition coefficient (Wildman–Crippen LogP) is 2.82. The largest absolute Gasteiger partial charge is 0.464 e. The number of furan rings is 2. The Morgan fingerprint density at radius 1 is 1.29 bits per heavy atom. The van der Waals surface area contributed by atoms with Crippen molar-refractivity contribution in [3.63, 3.8) is 0 Å². The van der Waals surface area contributed by atoms with Crippen molar-refractivity contribution < 1.29 is 8.83 Å².